The molecule has 0 amide bonds. The van der Waals surface area contributed by atoms with Crippen molar-refractivity contribution in [1.29, 1.82) is 0 Å². The summed E-state index contributed by atoms with van der Waals surface area (Å²) < 4.78 is 0.838. The van der Waals surface area contributed by atoms with Gasteiger partial charge in [0.2, 0.25) is 0 Å². The third kappa shape index (κ3) is 4.16. The molecule has 0 radical (unpaired) electrons. The van der Waals surface area contributed by atoms with E-state index in [0.717, 1.165) is 10.9 Å². The Hall–Kier alpha value is -0.770. The molecule has 3 N–H and O–H groups in total. The maximum absolute atomic E-state index is 9.58. The highest BCUT2D eigenvalue weighted by molar-refractivity contribution is 5.85. The second-order valence-corrected chi connectivity index (χ2v) is 5.53. The van der Waals surface area contributed by atoms with Gasteiger partial charge in [-0.05, 0) is 24.1 Å². The summed E-state index contributed by atoms with van der Waals surface area (Å²) in [6, 6.07) is 7.90. The van der Waals surface area contributed by atoms with Crippen LogP contribution < -0.4 is 5.73 Å². The number of hydrogen-bond acceptors (Lipinski definition) is 2. The fourth-order valence-corrected chi connectivity index (χ4v) is 2.51. The quantitative estimate of drug-likeness (QED) is 0.809. The first-order valence-corrected chi connectivity index (χ1v) is 6.20. The smallest absolute Gasteiger partial charge is 0.115 e. The minimum atomic E-state index is 0. The molecule has 0 aromatic heterocycles. The van der Waals surface area contributed by atoms with Crippen LogP contribution in [0.2, 0.25) is 0 Å². The standard InChI is InChI=1S/C14H24N2O.ClH/c1-5-13(14(10-15)16(2,3)4)11-7-6-8-12(17)9-11;/h6-9,13-14H,5,10,15H2,1-4H3;1H/p+1. The van der Waals surface area contributed by atoms with Gasteiger partial charge in [0.05, 0.1) is 21.1 Å². The number of phenolic OH excluding ortho intramolecular Hbond substituents is 1. The molecule has 0 saturated carbocycles. The van der Waals surface area contributed by atoms with Gasteiger partial charge >= 0.3 is 0 Å². The van der Waals surface area contributed by atoms with Crippen LogP contribution in [-0.4, -0.2) is 43.3 Å². The average molecular weight is 274 g/mol. The Bertz CT molecular complexity index is 363. The summed E-state index contributed by atoms with van der Waals surface area (Å²) in [6.07, 6.45) is 1.03. The number of nitrogens with two attached hydrogens (primary N) is 1. The van der Waals surface area contributed by atoms with Crippen LogP contribution in [0.3, 0.4) is 0 Å². The summed E-state index contributed by atoms with van der Waals surface area (Å²) in [5.41, 5.74) is 7.11. The molecular weight excluding hydrogens is 248 g/mol. The van der Waals surface area contributed by atoms with Gasteiger partial charge in [-0.1, -0.05) is 19.1 Å². The zero-order valence-corrected chi connectivity index (χ0v) is 12.6. The first-order chi connectivity index (χ1) is 7.90. The molecule has 0 saturated heterocycles. The van der Waals surface area contributed by atoms with Crippen molar-refractivity contribution >= 4 is 12.4 Å². The van der Waals surface area contributed by atoms with Crippen LogP contribution in [-0.2, 0) is 0 Å². The molecule has 3 nitrogen and oxygen atoms in total. The third-order valence-corrected chi connectivity index (χ3v) is 3.44. The molecular formula is C14H26ClN2O+. The zero-order valence-electron chi connectivity index (χ0n) is 11.8. The molecule has 1 aromatic rings. The number of phenols is 1. The molecule has 0 bridgehead atoms. The van der Waals surface area contributed by atoms with Crippen LogP contribution in [0, 0.1) is 0 Å². The van der Waals surface area contributed by atoms with E-state index in [2.05, 4.69) is 34.1 Å². The summed E-state index contributed by atoms with van der Waals surface area (Å²) in [4.78, 5) is 0. The van der Waals surface area contributed by atoms with Crippen molar-refractivity contribution in [2.24, 2.45) is 5.73 Å². The molecule has 18 heavy (non-hydrogen) atoms. The molecule has 2 atom stereocenters. The first kappa shape index (κ1) is 17.2. The lowest BCUT2D eigenvalue weighted by atomic mass is 9.87. The van der Waals surface area contributed by atoms with Gasteiger partial charge in [-0.15, -0.1) is 12.4 Å². The fraction of sp³-hybridized carbons (Fsp3) is 0.571. The Morgan fingerprint density at radius 1 is 1.28 bits per heavy atom. The molecule has 4 heteroatoms. The van der Waals surface area contributed by atoms with E-state index >= 15 is 0 Å². The van der Waals surface area contributed by atoms with E-state index in [1.165, 1.54) is 5.56 Å². The normalized spacial score (nSPS) is 14.7. The van der Waals surface area contributed by atoms with Gasteiger partial charge in [-0.2, -0.15) is 0 Å². The predicted molar refractivity (Wildman–Crippen MR) is 79.3 cm³/mol. The van der Waals surface area contributed by atoms with Crippen LogP contribution in [0.15, 0.2) is 24.3 Å². The molecule has 1 aromatic carbocycles. The number of halogens is 1. The first-order valence-electron chi connectivity index (χ1n) is 6.20. The monoisotopic (exact) mass is 273 g/mol. The van der Waals surface area contributed by atoms with Gasteiger partial charge in [0.25, 0.3) is 0 Å². The van der Waals surface area contributed by atoms with Gasteiger partial charge < -0.3 is 15.3 Å². The van der Waals surface area contributed by atoms with Crippen molar-refractivity contribution in [3.05, 3.63) is 29.8 Å². The second kappa shape index (κ2) is 6.98. The fourth-order valence-electron chi connectivity index (χ4n) is 2.51. The summed E-state index contributed by atoms with van der Waals surface area (Å²) in [6.45, 7) is 2.82. The number of nitrogens with zero attached hydrogens (tertiary/aromatic N) is 1. The van der Waals surface area contributed by atoms with E-state index in [1.807, 2.05) is 12.1 Å². The van der Waals surface area contributed by atoms with Crippen LogP contribution in [0.1, 0.15) is 24.8 Å². The topological polar surface area (TPSA) is 46.2 Å². The van der Waals surface area contributed by atoms with Gasteiger partial charge in [-0.25, -0.2) is 0 Å². The SMILES string of the molecule is CCC(c1cccc(O)c1)C(CN)[N+](C)(C)C.Cl. The highest BCUT2D eigenvalue weighted by Gasteiger charge is 2.31. The van der Waals surface area contributed by atoms with Crippen molar-refractivity contribution in [2.45, 2.75) is 25.3 Å². The molecule has 0 heterocycles. The maximum Gasteiger partial charge on any atom is 0.115 e. The molecule has 0 aliphatic rings. The van der Waals surface area contributed by atoms with E-state index in [0.29, 0.717) is 24.3 Å². The Kier molecular flexibility index (Phi) is 6.68. The van der Waals surface area contributed by atoms with Gasteiger partial charge in [0, 0.05) is 12.5 Å². The summed E-state index contributed by atoms with van der Waals surface area (Å²) in [5, 5.41) is 9.58. The largest absolute Gasteiger partial charge is 0.508 e. The molecule has 104 valence electrons. The number of quaternary nitrogens is 1. The zero-order chi connectivity index (χ0) is 13.1. The minimum Gasteiger partial charge on any atom is -0.508 e. The Morgan fingerprint density at radius 3 is 2.28 bits per heavy atom. The van der Waals surface area contributed by atoms with Crippen molar-refractivity contribution in [1.82, 2.24) is 0 Å². The maximum atomic E-state index is 9.58. The minimum absolute atomic E-state index is 0. The summed E-state index contributed by atoms with van der Waals surface area (Å²) in [7, 11) is 6.51. The van der Waals surface area contributed by atoms with E-state index < -0.39 is 0 Å². The number of benzene rings is 1. The molecule has 1 rings (SSSR count). The van der Waals surface area contributed by atoms with Crippen molar-refractivity contribution < 1.29 is 9.59 Å². The second-order valence-electron chi connectivity index (χ2n) is 5.53. The lowest BCUT2D eigenvalue weighted by molar-refractivity contribution is -0.896. The van der Waals surface area contributed by atoms with Crippen LogP contribution in [0.4, 0.5) is 0 Å². The highest BCUT2D eigenvalue weighted by Crippen LogP contribution is 2.29. The van der Waals surface area contributed by atoms with Crippen LogP contribution >= 0.6 is 12.4 Å². The summed E-state index contributed by atoms with van der Waals surface area (Å²) in [5.74, 6) is 0.713. The molecule has 0 fully saturated rings. The lowest BCUT2D eigenvalue weighted by Crippen LogP contribution is -2.52. The van der Waals surface area contributed by atoms with Crippen LogP contribution in [0.25, 0.3) is 0 Å². The Labute approximate surface area is 117 Å². The molecule has 0 spiro atoms. The Morgan fingerprint density at radius 2 is 1.89 bits per heavy atom. The number of hydrogen-bond donors (Lipinski definition) is 2. The van der Waals surface area contributed by atoms with E-state index in [1.54, 1.807) is 6.07 Å². The predicted octanol–water partition coefficient (Wildman–Crippen LogP) is 2.34. The molecule has 2 unspecified atom stereocenters. The number of rotatable bonds is 5. The van der Waals surface area contributed by atoms with Crippen molar-refractivity contribution in [3.8, 4) is 5.75 Å². The number of aromatic hydroxyl groups is 1. The van der Waals surface area contributed by atoms with Crippen molar-refractivity contribution in [3.63, 3.8) is 0 Å². The van der Waals surface area contributed by atoms with E-state index in [9.17, 15) is 5.11 Å². The van der Waals surface area contributed by atoms with Gasteiger partial charge in [-0.3, -0.25) is 0 Å². The lowest BCUT2D eigenvalue weighted by Gasteiger charge is -2.38. The molecule has 0 aliphatic carbocycles. The van der Waals surface area contributed by atoms with Crippen LogP contribution in [0.5, 0.6) is 5.75 Å². The van der Waals surface area contributed by atoms with Gasteiger partial charge in [0.15, 0.2) is 0 Å². The number of likely N-dealkylation sites (N-methyl/N-ethyl adjacent to an activating group) is 1. The van der Waals surface area contributed by atoms with Gasteiger partial charge in [0.1, 0.15) is 11.8 Å². The third-order valence-electron chi connectivity index (χ3n) is 3.44. The summed E-state index contributed by atoms with van der Waals surface area (Å²) >= 11 is 0. The van der Waals surface area contributed by atoms with Crippen molar-refractivity contribution in [2.75, 3.05) is 27.7 Å². The average Bonchev–Trinajstić information content (AvgIpc) is 2.23. The molecule has 0 aliphatic heterocycles. The van der Waals surface area contributed by atoms with E-state index in [-0.39, 0.29) is 12.4 Å². The van der Waals surface area contributed by atoms with E-state index in [4.69, 9.17) is 5.73 Å². The Balaban J connectivity index is 0.00000289. The highest BCUT2D eigenvalue weighted by atomic mass is 35.5.